The quantitative estimate of drug-likeness (QED) is 0.714. The van der Waals surface area contributed by atoms with Gasteiger partial charge in [-0.2, -0.15) is 0 Å². The molecule has 0 saturated carbocycles. The summed E-state index contributed by atoms with van der Waals surface area (Å²) in [6, 6.07) is 8.11. The molecule has 0 radical (unpaired) electrons. The number of carbonyl (C=O) groups is 1. The monoisotopic (exact) mass is 320 g/mol. The van der Waals surface area contributed by atoms with E-state index in [0.717, 1.165) is 38.0 Å². The molecule has 1 atom stereocenters. The average molecular weight is 320 g/mol. The largest absolute Gasteiger partial charge is 0.492 e. The summed E-state index contributed by atoms with van der Waals surface area (Å²) in [5, 5.41) is 12.5. The van der Waals surface area contributed by atoms with Crippen molar-refractivity contribution in [1.29, 1.82) is 0 Å². The summed E-state index contributed by atoms with van der Waals surface area (Å²) < 4.78 is 5.63. The number of aliphatic hydroxyl groups is 1. The first kappa shape index (κ1) is 17.8. The number of ether oxygens (including phenoxy) is 1. The van der Waals surface area contributed by atoms with Crippen LogP contribution < -0.4 is 10.1 Å². The number of aliphatic hydroxyl groups excluding tert-OH is 1. The molecule has 23 heavy (non-hydrogen) atoms. The van der Waals surface area contributed by atoms with Crippen molar-refractivity contribution >= 4 is 5.91 Å². The molecule has 1 aromatic carbocycles. The second-order valence-electron chi connectivity index (χ2n) is 6.12. The van der Waals surface area contributed by atoms with E-state index in [1.54, 1.807) is 0 Å². The molecule has 5 heteroatoms. The van der Waals surface area contributed by atoms with Gasteiger partial charge in [0.2, 0.25) is 5.91 Å². The van der Waals surface area contributed by atoms with Gasteiger partial charge in [-0.15, -0.1) is 0 Å². The number of likely N-dealkylation sites (tertiary alicyclic amines) is 1. The van der Waals surface area contributed by atoms with Crippen molar-refractivity contribution in [3.8, 4) is 5.75 Å². The lowest BCUT2D eigenvalue weighted by molar-refractivity contribution is -0.123. The highest BCUT2D eigenvalue weighted by molar-refractivity contribution is 5.78. The van der Waals surface area contributed by atoms with E-state index >= 15 is 0 Å². The van der Waals surface area contributed by atoms with E-state index in [2.05, 4.69) is 24.4 Å². The van der Waals surface area contributed by atoms with E-state index in [1.165, 1.54) is 5.56 Å². The summed E-state index contributed by atoms with van der Waals surface area (Å²) in [7, 11) is 0. The minimum atomic E-state index is -0.296. The first-order valence-corrected chi connectivity index (χ1v) is 8.56. The van der Waals surface area contributed by atoms with Crippen LogP contribution in [0.4, 0.5) is 0 Å². The van der Waals surface area contributed by atoms with E-state index in [9.17, 15) is 9.90 Å². The highest BCUT2D eigenvalue weighted by Crippen LogP contribution is 2.13. The van der Waals surface area contributed by atoms with Gasteiger partial charge in [0.1, 0.15) is 12.4 Å². The normalized spacial score (nSPS) is 18.6. The number of amides is 1. The predicted molar refractivity (Wildman–Crippen MR) is 90.6 cm³/mol. The Morgan fingerprint density at radius 1 is 1.39 bits per heavy atom. The number of benzene rings is 1. The number of piperidine rings is 1. The summed E-state index contributed by atoms with van der Waals surface area (Å²) in [4.78, 5) is 13.9. The third-order valence-corrected chi connectivity index (χ3v) is 4.00. The average Bonchev–Trinajstić information content (AvgIpc) is 2.53. The van der Waals surface area contributed by atoms with E-state index in [0.29, 0.717) is 26.2 Å². The van der Waals surface area contributed by atoms with Gasteiger partial charge in [0, 0.05) is 6.54 Å². The second-order valence-corrected chi connectivity index (χ2v) is 6.12. The van der Waals surface area contributed by atoms with Crippen molar-refractivity contribution in [3.63, 3.8) is 0 Å². The van der Waals surface area contributed by atoms with Gasteiger partial charge < -0.3 is 15.2 Å². The predicted octanol–water partition coefficient (Wildman–Crippen LogP) is 1.59. The van der Waals surface area contributed by atoms with E-state index in [-0.39, 0.29) is 12.0 Å². The van der Waals surface area contributed by atoms with Crippen LogP contribution in [0.5, 0.6) is 5.75 Å². The number of rotatable bonds is 8. The van der Waals surface area contributed by atoms with Crippen LogP contribution in [0.1, 0.15) is 31.7 Å². The van der Waals surface area contributed by atoms with E-state index in [1.807, 2.05) is 17.0 Å². The van der Waals surface area contributed by atoms with Crippen LogP contribution in [0.15, 0.2) is 24.3 Å². The maximum atomic E-state index is 11.9. The van der Waals surface area contributed by atoms with Gasteiger partial charge in [-0.1, -0.05) is 25.5 Å². The van der Waals surface area contributed by atoms with Crippen LogP contribution in [0.25, 0.3) is 0 Å². The Kier molecular flexibility index (Phi) is 7.36. The van der Waals surface area contributed by atoms with Crippen LogP contribution in [0.3, 0.4) is 0 Å². The maximum absolute atomic E-state index is 11.9. The molecule has 128 valence electrons. The smallest absolute Gasteiger partial charge is 0.234 e. The SMILES string of the molecule is CCCc1ccc(OCCNC(=O)CN2CCCC(O)C2)cc1. The number of β-amino-alcohol motifs (C(OH)–C–C–N with tert-alkyl or cyclic N) is 1. The molecule has 1 unspecified atom stereocenters. The first-order valence-electron chi connectivity index (χ1n) is 8.56. The fourth-order valence-corrected chi connectivity index (χ4v) is 2.83. The second kappa shape index (κ2) is 9.53. The van der Waals surface area contributed by atoms with Crippen molar-refractivity contribution in [3.05, 3.63) is 29.8 Å². The number of aryl methyl sites for hydroxylation is 1. The molecule has 1 saturated heterocycles. The molecule has 1 amide bonds. The Morgan fingerprint density at radius 3 is 2.87 bits per heavy atom. The Balaban J connectivity index is 1.60. The Hall–Kier alpha value is -1.59. The highest BCUT2D eigenvalue weighted by Gasteiger charge is 2.19. The van der Waals surface area contributed by atoms with Gasteiger partial charge in [0.25, 0.3) is 0 Å². The molecule has 0 spiro atoms. The third kappa shape index (κ3) is 6.59. The van der Waals surface area contributed by atoms with Gasteiger partial charge in [-0.05, 0) is 43.5 Å². The minimum absolute atomic E-state index is 0.0130. The first-order chi connectivity index (χ1) is 11.2. The zero-order valence-electron chi connectivity index (χ0n) is 14.0. The molecule has 2 N–H and O–H groups in total. The molecule has 1 fully saturated rings. The summed E-state index contributed by atoms with van der Waals surface area (Å²) in [6.07, 6.45) is 3.71. The van der Waals surface area contributed by atoms with Crippen LogP contribution in [-0.4, -0.2) is 54.8 Å². The topological polar surface area (TPSA) is 61.8 Å². The summed E-state index contributed by atoms with van der Waals surface area (Å²) in [6.45, 7) is 4.94. The standard InChI is InChI=1S/C18H28N2O3/c1-2-4-15-6-8-17(9-7-15)23-12-10-19-18(22)14-20-11-3-5-16(21)13-20/h6-9,16,21H,2-5,10-14H2,1H3,(H,19,22). The van der Waals surface area contributed by atoms with Crippen molar-refractivity contribution in [1.82, 2.24) is 10.2 Å². The molecule has 0 aromatic heterocycles. The Morgan fingerprint density at radius 2 is 2.17 bits per heavy atom. The van der Waals surface area contributed by atoms with Crippen LogP contribution in [-0.2, 0) is 11.2 Å². The van der Waals surface area contributed by atoms with Gasteiger partial charge in [-0.3, -0.25) is 9.69 Å². The highest BCUT2D eigenvalue weighted by atomic mass is 16.5. The third-order valence-electron chi connectivity index (χ3n) is 4.00. The lowest BCUT2D eigenvalue weighted by Crippen LogP contribution is -2.44. The summed E-state index contributed by atoms with van der Waals surface area (Å²) in [5.74, 6) is 0.819. The maximum Gasteiger partial charge on any atom is 0.234 e. The molecule has 1 heterocycles. The minimum Gasteiger partial charge on any atom is -0.492 e. The molecule has 1 aliphatic heterocycles. The number of hydrogen-bond acceptors (Lipinski definition) is 4. The number of nitrogens with zero attached hydrogens (tertiary/aromatic N) is 1. The number of carbonyl (C=O) groups excluding carboxylic acids is 1. The van der Waals surface area contributed by atoms with Crippen molar-refractivity contribution in [2.75, 3.05) is 32.8 Å². The van der Waals surface area contributed by atoms with E-state index in [4.69, 9.17) is 4.74 Å². The summed E-state index contributed by atoms with van der Waals surface area (Å²) >= 11 is 0. The molecular formula is C18H28N2O3. The van der Waals surface area contributed by atoms with Gasteiger partial charge in [0.05, 0.1) is 19.2 Å². The Labute approximate surface area is 138 Å². The molecule has 2 rings (SSSR count). The van der Waals surface area contributed by atoms with Gasteiger partial charge >= 0.3 is 0 Å². The molecule has 1 aliphatic rings. The van der Waals surface area contributed by atoms with Gasteiger partial charge in [0.15, 0.2) is 0 Å². The number of hydrogen-bond donors (Lipinski definition) is 2. The zero-order valence-corrected chi connectivity index (χ0v) is 14.0. The fourth-order valence-electron chi connectivity index (χ4n) is 2.83. The van der Waals surface area contributed by atoms with Crippen molar-refractivity contribution in [2.45, 2.75) is 38.7 Å². The van der Waals surface area contributed by atoms with Crippen LogP contribution in [0.2, 0.25) is 0 Å². The molecule has 1 aromatic rings. The molecule has 5 nitrogen and oxygen atoms in total. The Bertz CT molecular complexity index is 476. The molecule has 0 aliphatic carbocycles. The molecular weight excluding hydrogens is 292 g/mol. The van der Waals surface area contributed by atoms with Crippen LogP contribution in [0, 0.1) is 0 Å². The van der Waals surface area contributed by atoms with Gasteiger partial charge in [-0.25, -0.2) is 0 Å². The van der Waals surface area contributed by atoms with E-state index < -0.39 is 0 Å². The lowest BCUT2D eigenvalue weighted by Gasteiger charge is -2.29. The van der Waals surface area contributed by atoms with Crippen LogP contribution >= 0.6 is 0 Å². The summed E-state index contributed by atoms with van der Waals surface area (Å²) in [5.41, 5.74) is 1.32. The molecule has 0 bridgehead atoms. The zero-order chi connectivity index (χ0) is 16.5. The fraction of sp³-hybridized carbons (Fsp3) is 0.611. The number of nitrogens with one attached hydrogen (secondary N) is 1. The lowest BCUT2D eigenvalue weighted by atomic mass is 10.1. The van der Waals surface area contributed by atoms with Crippen molar-refractivity contribution in [2.24, 2.45) is 0 Å². The van der Waals surface area contributed by atoms with Crippen molar-refractivity contribution < 1.29 is 14.6 Å².